The molecule has 0 aromatic heterocycles. The zero-order valence-electron chi connectivity index (χ0n) is 18.7. The number of ether oxygens (including phenoxy) is 2. The van der Waals surface area contributed by atoms with Crippen molar-refractivity contribution in [3.8, 4) is 11.5 Å². The SMILES string of the molecule is CCOc1ccc(C(=O)NCC(=O)NCC(Nc2ccccc2)C(C)C)cc1OCC. The van der Waals surface area contributed by atoms with Crippen molar-refractivity contribution >= 4 is 17.5 Å². The lowest BCUT2D eigenvalue weighted by Gasteiger charge is -2.24. The minimum absolute atomic E-state index is 0.0712. The Morgan fingerprint density at radius 3 is 2.23 bits per heavy atom. The lowest BCUT2D eigenvalue weighted by Crippen LogP contribution is -2.43. The molecule has 0 heterocycles. The average Bonchev–Trinajstić information content (AvgIpc) is 2.77. The highest BCUT2D eigenvalue weighted by atomic mass is 16.5. The van der Waals surface area contributed by atoms with Crippen LogP contribution in [0.3, 0.4) is 0 Å². The van der Waals surface area contributed by atoms with Crippen LogP contribution in [-0.2, 0) is 4.79 Å². The van der Waals surface area contributed by atoms with Gasteiger partial charge in [0, 0.05) is 23.8 Å². The van der Waals surface area contributed by atoms with E-state index in [4.69, 9.17) is 9.47 Å². The second kappa shape index (κ2) is 12.5. The first kappa shape index (κ1) is 24.1. The fourth-order valence-electron chi connectivity index (χ4n) is 2.94. The largest absolute Gasteiger partial charge is 0.490 e. The van der Waals surface area contributed by atoms with Crippen LogP contribution in [-0.4, -0.2) is 44.2 Å². The Kier molecular flexibility index (Phi) is 9.68. The number of anilines is 1. The standard InChI is InChI=1S/C24H33N3O4/c1-5-30-21-13-12-18(14-22(21)31-6-2)24(29)26-16-23(28)25-15-20(17(3)4)27-19-10-8-7-9-11-19/h7-14,17,20,27H,5-6,15-16H2,1-4H3,(H,25,28)(H,26,29). The van der Waals surface area contributed by atoms with E-state index in [9.17, 15) is 9.59 Å². The van der Waals surface area contributed by atoms with E-state index in [1.165, 1.54) is 0 Å². The predicted octanol–water partition coefficient (Wildman–Crippen LogP) is 3.47. The minimum atomic E-state index is -0.345. The molecule has 2 aromatic rings. The van der Waals surface area contributed by atoms with E-state index in [2.05, 4.69) is 29.8 Å². The molecule has 3 N–H and O–H groups in total. The van der Waals surface area contributed by atoms with Crippen LogP contribution in [0.1, 0.15) is 38.1 Å². The lowest BCUT2D eigenvalue weighted by atomic mass is 10.0. The van der Waals surface area contributed by atoms with E-state index in [1.807, 2.05) is 44.2 Å². The van der Waals surface area contributed by atoms with Gasteiger partial charge in [0.25, 0.3) is 5.91 Å². The van der Waals surface area contributed by atoms with E-state index in [0.29, 0.717) is 42.7 Å². The molecule has 7 nitrogen and oxygen atoms in total. The van der Waals surface area contributed by atoms with Crippen LogP contribution < -0.4 is 25.4 Å². The van der Waals surface area contributed by atoms with Gasteiger partial charge >= 0.3 is 0 Å². The first-order chi connectivity index (χ1) is 14.9. The van der Waals surface area contributed by atoms with Crippen LogP contribution in [0.4, 0.5) is 5.69 Å². The predicted molar refractivity (Wildman–Crippen MR) is 123 cm³/mol. The fourth-order valence-corrected chi connectivity index (χ4v) is 2.94. The molecule has 31 heavy (non-hydrogen) atoms. The smallest absolute Gasteiger partial charge is 0.251 e. The monoisotopic (exact) mass is 427 g/mol. The maximum atomic E-state index is 12.5. The van der Waals surface area contributed by atoms with Crippen LogP contribution in [0.25, 0.3) is 0 Å². The molecule has 0 radical (unpaired) electrons. The lowest BCUT2D eigenvalue weighted by molar-refractivity contribution is -0.120. The number of para-hydroxylation sites is 1. The van der Waals surface area contributed by atoms with Crippen LogP contribution in [0, 0.1) is 5.92 Å². The summed E-state index contributed by atoms with van der Waals surface area (Å²) in [7, 11) is 0. The number of carbonyl (C=O) groups is 2. The molecule has 1 atom stereocenters. The van der Waals surface area contributed by atoms with Crippen molar-refractivity contribution < 1.29 is 19.1 Å². The molecule has 2 rings (SSSR count). The fraction of sp³-hybridized carbons (Fsp3) is 0.417. The zero-order chi connectivity index (χ0) is 22.6. The summed E-state index contributed by atoms with van der Waals surface area (Å²) < 4.78 is 11.1. The quantitative estimate of drug-likeness (QED) is 0.483. The van der Waals surface area contributed by atoms with E-state index in [1.54, 1.807) is 18.2 Å². The molecular formula is C24H33N3O4. The van der Waals surface area contributed by atoms with Crippen molar-refractivity contribution in [2.45, 2.75) is 33.7 Å². The Balaban J connectivity index is 1.87. The molecular weight excluding hydrogens is 394 g/mol. The highest BCUT2D eigenvalue weighted by Gasteiger charge is 2.16. The van der Waals surface area contributed by atoms with Gasteiger partial charge in [0.15, 0.2) is 11.5 Å². The van der Waals surface area contributed by atoms with Crippen molar-refractivity contribution in [2.24, 2.45) is 5.92 Å². The number of rotatable bonds is 12. The summed E-state index contributed by atoms with van der Waals surface area (Å²) in [6.07, 6.45) is 0. The molecule has 7 heteroatoms. The van der Waals surface area contributed by atoms with E-state index < -0.39 is 0 Å². The molecule has 0 aliphatic rings. The molecule has 0 saturated carbocycles. The first-order valence-corrected chi connectivity index (χ1v) is 10.7. The molecule has 2 amide bonds. The van der Waals surface area contributed by atoms with Gasteiger partial charge in [-0.05, 0) is 50.1 Å². The van der Waals surface area contributed by atoms with Crippen molar-refractivity contribution in [1.29, 1.82) is 0 Å². The summed E-state index contributed by atoms with van der Waals surface area (Å²) in [5.74, 6) is 0.820. The summed E-state index contributed by atoms with van der Waals surface area (Å²) in [6.45, 7) is 9.25. The summed E-state index contributed by atoms with van der Waals surface area (Å²) in [5.41, 5.74) is 1.41. The normalized spacial score (nSPS) is 11.5. The second-order valence-corrected chi connectivity index (χ2v) is 7.38. The molecule has 0 aliphatic carbocycles. The van der Waals surface area contributed by atoms with Gasteiger partial charge in [-0.1, -0.05) is 32.0 Å². The van der Waals surface area contributed by atoms with Gasteiger partial charge in [-0.3, -0.25) is 9.59 Å². The Morgan fingerprint density at radius 2 is 1.58 bits per heavy atom. The maximum Gasteiger partial charge on any atom is 0.251 e. The van der Waals surface area contributed by atoms with Crippen molar-refractivity contribution in [3.63, 3.8) is 0 Å². The summed E-state index contributed by atoms with van der Waals surface area (Å²) in [5, 5.41) is 8.97. The number of hydrogen-bond acceptors (Lipinski definition) is 5. The number of amides is 2. The van der Waals surface area contributed by atoms with Gasteiger partial charge < -0.3 is 25.4 Å². The molecule has 0 saturated heterocycles. The summed E-state index contributed by atoms with van der Waals surface area (Å²) in [4.78, 5) is 24.7. The van der Waals surface area contributed by atoms with Crippen molar-refractivity contribution in [2.75, 3.05) is 31.6 Å². The van der Waals surface area contributed by atoms with Crippen LogP contribution in [0.15, 0.2) is 48.5 Å². The number of carbonyl (C=O) groups excluding carboxylic acids is 2. The summed E-state index contributed by atoms with van der Waals surface area (Å²) in [6, 6.07) is 14.9. The molecule has 0 bridgehead atoms. The molecule has 1 unspecified atom stereocenters. The van der Waals surface area contributed by atoms with Crippen molar-refractivity contribution in [3.05, 3.63) is 54.1 Å². The second-order valence-electron chi connectivity index (χ2n) is 7.38. The molecule has 2 aromatic carbocycles. The van der Waals surface area contributed by atoms with Crippen LogP contribution in [0.5, 0.6) is 11.5 Å². The van der Waals surface area contributed by atoms with Crippen molar-refractivity contribution in [1.82, 2.24) is 10.6 Å². The van der Waals surface area contributed by atoms with Crippen LogP contribution in [0.2, 0.25) is 0 Å². The van der Waals surface area contributed by atoms with E-state index in [-0.39, 0.29) is 24.4 Å². The van der Waals surface area contributed by atoms with E-state index >= 15 is 0 Å². The van der Waals surface area contributed by atoms with Gasteiger partial charge in [0.05, 0.1) is 19.8 Å². The average molecular weight is 428 g/mol. The number of nitrogens with one attached hydrogen (secondary N) is 3. The third-order valence-corrected chi connectivity index (χ3v) is 4.66. The highest BCUT2D eigenvalue weighted by Crippen LogP contribution is 2.28. The highest BCUT2D eigenvalue weighted by molar-refractivity contribution is 5.97. The van der Waals surface area contributed by atoms with Crippen LogP contribution >= 0.6 is 0 Å². The van der Waals surface area contributed by atoms with Gasteiger partial charge in [0.1, 0.15) is 0 Å². The Hall–Kier alpha value is -3.22. The number of hydrogen-bond donors (Lipinski definition) is 3. The van der Waals surface area contributed by atoms with Gasteiger partial charge in [-0.25, -0.2) is 0 Å². The summed E-state index contributed by atoms with van der Waals surface area (Å²) >= 11 is 0. The first-order valence-electron chi connectivity index (χ1n) is 10.7. The van der Waals surface area contributed by atoms with Gasteiger partial charge in [-0.2, -0.15) is 0 Å². The van der Waals surface area contributed by atoms with Gasteiger partial charge in [0.2, 0.25) is 5.91 Å². The Morgan fingerprint density at radius 1 is 0.903 bits per heavy atom. The third kappa shape index (κ3) is 7.85. The molecule has 0 spiro atoms. The zero-order valence-corrected chi connectivity index (χ0v) is 18.7. The Bertz CT molecular complexity index is 840. The minimum Gasteiger partial charge on any atom is -0.490 e. The molecule has 0 fully saturated rings. The topological polar surface area (TPSA) is 88.7 Å². The molecule has 168 valence electrons. The molecule has 0 aliphatic heterocycles. The Labute approximate surface area is 184 Å². The number of benzene rings is 2. The van der Waals surface area contributed by atoms with Gasteiger partial charge in [-0.15, -0.1) is 0 Å². The maximum absolute atomic E-state index is 12.5. The third-order valence-electron chi connectivity index (χ3n) is 4.66. The van der Waals surface area contributed by atoms with E-state index in [0.717, 1.165) is 5.69 Å².